The smallest absolute Gasteiger partial charge is 0.0236 e. The Morgan fingerprint density at radius 2 is 1.75 bits per heavy atom. The minimum Gasteiger partial charge on any atom is -0.315 e. The average molecular weight is 223 g/mol. The molecular formula is C13H25N3. The molecule has 2 heterocycles. The third-order valence-corrected chi connectivity index (χ3v) is 4.39. The zero-order chi connectivity index (χ0) is 11.0. The second kappa shape index (κ2) is 4.63. The zero-order valence-corrected chi connectivity index (χ0v) is 10.5. The summed E-state index contributed by atoms with van der Waals surface area (Å²) in [7, 11) is 0. The molecule has 1 N–H and O–H groups in total. The van der Waals surface area contributed by atoms with Gasteiger partial charge in [-0.15, -0.1) is 0 Å². The number of nitrogens with one attached hydrogen (secondary N) is 1. The van der Waals surface area contributed by atoms with E-state index < -0.39 is 0 Å². The maximum Gasteiger partial charge on any atom is 0.0236 e. The molecule has 1 saturated carbocycles. The highest BCUT2D eigenvalue weighted by Gasteiger charge is 2.36. The van der Waals surface area contributed by atoms with Gasteiger partial charge in [0, 0.05) is 44.8 Å². The van der Waals surface area contributed by atoms with Crippen molar-refractivity contribution in [3.05, 3.63) is 0 Å². The third kappa shape index (κ3) is 2.41. The van der Waals surface area contributed by atoms with Gasteiger partial charge in [-0.25, -0.2) is 0 Å². The molecule has 3 nitrogen and oxygen atoms in total. The molecular weight excluding hydrogens is 198 g/mol. The van der Waals surface area contributed by atoms with Crippen LogP contribution in [0.4, 0.5) is 0 Å². The van der Waals surface area contributed by atoms with Crippen molar-refractivity contribution < 1.29 is 0 Å². The van der Waals surface area contributed by atoms with Crippen molar-refractivity contribution in [3.8, 4) is 0 Å². The molecule has 92 valence electrons. The predicted octanol–water partition coefficient (Wildman–Crippen LogP) is 0.764. The SMILES string of the molecule is CC1CNCCN(C2CCN(C3CC3)C2)C1. The first-order valence-electron chi connectivity index (χ1n) is 7.02. The monoisotopic (exact) mass is 223 g/mol. The molecule has 0 aromatic heterocycles. The van der Waals surface area contributed by atoms with Gasteiger partial charge in [-0.05, 0) is 31.7 Å². The van der Waals surface area contributed by atoms with E-state index >= 15 is 0 Å². The van der Waals surface area contributed by atoms with E-state index in [4.69, 9.17) is 0 Å². The van der Waals surface area contributed by atoms with Crippen LogP contribution in [0.2, 0.25) is 0 Å². The van der Waals surface area contributed by atoms with Gasteiger partial charge in [-0.1, -0.05) is 6.92 Å². The first kappa shape index (κ1) is 11.0. The van der Waals surface area contributed by atoms with E-state index in [1.807, 2.05) is 0 Å². The molecule has 2 saturated heterocycles. The van der Waals surface area contributed by atoms with E-state index in [1.54, 1.807) is 0 Å². The normalized spacial score (nSPS) is 38.8. The van der Waals surface area contributed by atoms with Crippen molar-refractivity contribution in [2.24, 2.45) is 5.92 Å². The van der Waals surface area contributed by atoms with Gasteiger partial charge in [0.05, 0.1) is 0 Å². The van der Waals surface area contributed by atoms with Gasteiger partial charge in [0.15, 0.2) is 0 Å². The van der Waals surface area contributed by atoms with Crippen LogP contribution in [0.25, 0.3) is 0 Å². The maximum atomic E-state index is 3.54. The number of nitrogens with zero attached hydrogens (tertiary/aromatic N) is 2. The van der Waals surface area contributed by atoms with Crippen molar-refractivity contribution in [3.63, 3.8) is 0 Å². The summed E-state index contributed by atoms with van der Waals surface area (Å²) in [5.41, 5.74) is 0. The minimum atomic E-state index is 0.817. The molecule has 0 spiro atoms. The van der Waals surface area contributed by atoms with Crippen molar-refractivity contribution in [2.75, 3.05) is 39.3 Å². The Balaban J connectivity index is 1.55. The topological polar surface area (TPSA) is 18.5 Å². The van der Waals surface area contributed by atoms with Crippen LogP contribution in [0.3, 0.4) is 0 Å². The highest BCUT2D eigenvalue weighted by Crippen LogP contribution is 2.31. The summed E-state index contributed by atoms with van der Waals surface area (Å²) in [6, 6.07) is 1.82. The molecule has 0 aromatic rings. The van der Waals surface area contributed by atoms with Crippen molar-refractivity contribution in [1.29, 1.82) is 0 Å². The van der Waals surface area contributed by atoms with Crippen molar-refractivity contribution in [2.45, 2.75) is 38.3 Å². The van der Waals surface area contributed by atoms with Gasteiger partial charge in [0.1, 0.15) is 0 Å². The zero-order valence-electron chi connectivity index (χ0n) is 10.5. The molecule has 0 bridgehead atoms. The maximum absolute atomic E-state index is 3.54. The van der Waals surface area contributed by atoms with Crippen LogP contribution >= 0.6 is 0 Å². The lowest BCUT2D eigenvalue weighted by Crippen LogP contribution is -2.41. The Bertz CT molecular complexity index is 239. The summed E-state index contributed by atoms with van der Waals surface area (Å²) >= 11 is 0. The molecule has 0 aromatic carbocycles. The molecule has 3 fully saturated rings. The highest BCUT2D eigenvalue weighted by atomic mass is 15.3. The minimum absolute atomic E-state index is 0.817. The molecule has 0 radical (unpaired) electrons. The van der Waals surface area contributed by atoms with Crippen molar-refractivity contribution >= 4 is 0 Å². The molecule has 2 atom stereocenters. The first-order valence-corrected chi connectivity index (χ1v) is 7.02. The first-order chi connectivity index (χ1) is 7.83. The lowest BCUT2D eigenvalue weighted by atomic mass is 10.1. The van der Waals surface area contributed by atoms with Gasteiger partial charge in [0.2, 0.25) is 0 Å². The second-order valence-electron chi connectivity index (χ2n) is 5.97. The van der Waals surface area contributed by atoms with Gasteiger partial charge >= 0.3 is 0 Å². The highest BCUT2D eigenvalue weighted by molar-refractivity contribution is 4.93. The molecule has 3 rings (SSSR count). The quantitative estimate of drug-likeness (QED) is 0.746. The Kier molecular flexibility index (Phi) is 3.18. The molecule has 1 aliphatic carbocycles. The molecule has 2 aliphatic heterocycles. The Labute approximate surface area is 99.2 Å². The van der Waals surface area contributed by atoms with Gasteiger partial charge in [0.25, 0.3) is 0 Å². The third-order valence-electron chi connectivity index (χ3n) is 4.39. The predicted molar refractivity (Wildman–Crippen MR) is 66.6 cm³/mol. The van der Waals surface area contributed by atoms with Crippen LogP contribution < -0.4 is 5.32 Å². The fourth-order valence-electron chi connectivity index (χ4n) is 3.30. The van der Waals surface area contributed by atoms with Crippen LogP contribution in [-0.4, -0.2) is 61.2 Å². The van der Waals surface area contributed by atoms with E-state index in [0.29, 0.717) is 0 Å². The summed E-state index contributed by atoms with van der Waals surface area (Å²) in [5, 5.41) is 3.54. The lowest BCUT2D eigenvalue weighted by Gasteiger charge is -2.28. The Hall–Kier alpha value is -0.120. The average Bonchev–Trinajstić information content (AvgIpc) is 3.05. The molecule has 0 amide bonds. The van der Waals surface area contributed by atoms with E-state index in [-0.39, 0.29) is 0 Å². The molecule has 16 heavy (non-hydrogen) atoms. The largest absolute Gasteiger partial charge is 0.315 e. The van der Waals surface area contributed by atoms with E-state index in [1.165, 1.54) is 58.5 Å². The standard InChI is InChI=1S/C13H25N3/c1-11-8-14-5-7-16(9-11)13-4-6-15(10-13)12-2-3-12/h11-14H,2-10H2,1H3. The Morgan fingerprint density at radius 1 is 0.938 bits per heavy atom. The molecule has 2 unspecified atom stereocenters. The summed E-state index contributed by atoms with van der Waals surface area (Å²) in [6.07, 6.45) is 4.33. The van der Waals surface area contributed by atoms with Crippen LogP contribution in [0.5, 0.6) is 0 Å². The lowest BCUT2D eigenvalue weighted by molar-refractivity contribution is 0.185. The summed E-state index contributed by atoms with van der Waals surface area (Å²) in [4.78, 5) is 5.47. The van der Waals surface area contributed by atoms with Crippen LogP contribution in [0.15, 0.2) is 0 Å². The van der Waals surface area contributed by atoms with Gasteiger partial charge < -0.3 is 5.32 Å². The number of hydrogen-bond acceptors (Lipinski definition) is 3. The molecule has 3 heteroatoms. The van der Waals surface area contributed by atoms with Gasteiger partial charge in [-0.2, -0.15) is 0 Å². The van der Waals surface area contributed by atoms with Crippen molar-refractivity contribution in [1.82, 2.24) is 15.1 Å². The van der Waals surface area contributed by atoms with E-state index in [9.17, 15) is 0 Å². The summed E-state index contributed by atoms with van der Waals surface area (Å²) in [6.45, 7) is 10.0. The number of hydrogen-bond donors (Lipinski definition) is 1. The van der Waals surface area contributed by atoms with Gasteiger partial charge in [-0.3, -0.25) is 9.80 Å². The van der Waals surface area contributed by atoms with Crippen LogP contribution in [-0.2, 0) is 0 Å². The van der Waals surface area contributed by atoms with Crippen LogP contribution in [0.1, 0.15) is 26.2 Å². The fourth-order valence-corrected chi connectivity index (χ4v) is 3.30. The number of rotatable bonds is 2. The van der Waals surface area contributed by atoms with Crippen LogP contribution in [0, 0.1) is 5.92 Å². The van der Waals surface area contributed by atoms with E-state index in [0.717, 1.165) is 18.0 Å². The molecule has 3 aliphatic rings. The fraction of sp³-hybridized carbons (Fsp3) is 1.00. The number of likely N-dealkylation sites (tertiary alicyclic amines) is 1. The summed E-state index contributed by atoms with van der Waals surface area (Å²) in [5.74, 6) is 0.817. The second-order valence-corrected chi connectivity index (χ2v) is 5.97. The Morgan fingerprint density at radius 3 is 2.56 bits per heavy atom. The summed E-state index contributed by atoms with van der Waals surface area (Å²) < 4.78 is 0. The van der Waals surface area contributed by atoms with E-state index in [2.05, 4.69) is 22.0 Å².